The molecule has 0 bridgehead atoms. The van der Waals surface area contributed by atoms with Crippen LogP contribution in [0.3, 0.4) is 0 Å². The molecule has 0 aliphatic rings. The number of benzene rings is 1. The highest BCUT2D eigenvalue weighted by Crippen LogP contribution is 2.26. The molecule has 0 radical (unpaired) electrons. The van der Waals surface area contributed by atoms with Gasteiger partial charge in [0.2, 0.25) is 0 Å². The van der Waals surface area contributed by atoms with E-state index in [0.29, 0.717) is 18.6 Å². The van der Waals surface area contributed by atoms with E-state index in [9.17, 15) is 0 Å². The van der Waals surface area contributed by atoms with E-state index in [1.807, 2.05) is 12.1 Å². The fourth-order valence-electron chi connectivity index (χ4n) is 2.02. The van der Waals surface area contributed by atoms with Crippen molar-refractivity contribution in [3.05, 3.63) is 28.2 Å². The Balaban J connectivity index is 2.79. The van der Waals surface area contributed by atoms with E-state index in [0.717, 1.165) is 10.2 Å². The second kappa shape index (κ2) is 7.02. The molecule has 1 atom stereocenters. The average molecular weight is 300 g/mol. The maximum Gasteiger partial charge on any atom is 0.0744 e. The minimum atomic E-state index is 0.472. The molecule has 1 N–H and O–H groups in total. The third-order valence-electron chi connectivity index (χ3n) is 2.63. The van der Waals surface area contributed by atoms with E-state index < -0.39 is 0 Å². The van der Waals surface area contributed by atoms with Gasteiger partial charge in [-0.1, -0.05) is 35.8 Å². The average Bonchev–Trinajstić information content (AvgIpc) is 2.22. The SMILES string of the molecule is COCc1c(Br)cccc1NC(C)CC(C)C. The summed E-state index contributed by atoms with van der Waals surface area (Å²) in [6.07, 6.45) is 1.17. The Morgan fingerprint density at radius 1 is 1.29 bits per heavy atom. The molecular formula is C14H22BrNO. The van der Waals surface area contributed by atoms with Crippen molar-refractivity contribution in [3.8, 4) is 0 Å². The van der Waals surface area contributed by atoms with Gasteiger partial charge in [0, 0.05) is 28.9 Å². The molecule has 0 saturated heterocycles. The van der Waals surface area contributed by atoms with Crippen LogP contribution in [-0.4, -0.2) is 13.2 Å². The number of halogens is 1. The lowest BCUT2D eigenvalue weighted by molar-refractivity contribution is 0.185. The maximum atomic E-state index is 5.24. The molecule has 96 valence electrons. The Hall–Kier alpha value is -0.540. The largest absolute Gasteiger partial charge is 0.382 e. The zero-order valence-electron chi connectivity index (χ0n) is 11.1. The van der Waals surface area contributed by atoms with Crippen molar-refractivity contribution in [1.29, 1.82) is 0 Å². The first kappa shape index (κ1) is 14.5. The van der Waals surface area contributed by atoms with Crippen LogP contribution in [0.25, 0.3) is 0 Å². The van der Waals surface area contributed by atoms with Crippen LogP contribution in [0.15, 0.2) is 22.7 Å². The Morgan fingerprint density at radius 3 is 2.59 bits per heavy atom. The van der Waals surface area contributed by atoms with Crippen molar-refractivity contribution in [2.24, 2.45) is 5.92 Å². The molecule has 2 nitrogen and oxygen atoms in total. The topological polar surface area (TPSA) is 21.3 Å². The van der Waals surface area contributed by atoms with Gasteiger partial charge in [0.25, 0.3) is 0 Å². The highest BCUT2D eigenvalue weighted by Gasteiger charge is 2.10. The molecule has 0 saturated carbocycles. The molecular weight excluding hydrogens is 278 g/mol. The Kier molecular flexibility index (Phi) is 6.00. The van der Waals surface area contributed by atoms with Gasteiger partial charge >= 0.3 is 0 Å². The molecule has 0 heterocycles. The number of hydrogen-bond donors (Lipinski definition) is 1. The van der Waals surface area contributed by atoms with Crippen molar-refractivity contribution in [3.63, 3.8) is 0 Å². The number of ether oxygens (including phenoxy) is 1. The second-order valence-electron chi connectivity index (χ2n) is 4.87. The fourth-order valence-corrected chi connectivity index (χ4v) is 2.50. The van der Waals surface area contributed by atoms with E-state index in [4.69, 9.17) is 4.74 Å². The lowest BCUT2D eigenvalue weighted by atomic mass is 10.0. The predicted molar refractivity (Wildman–Crippen MR) is 77.4 cm³/mol. The Labute approximate surface area is 113 Å². The molecule has 0 amide bonds. The predicted octanol–water partition coefficient (Wildman–Crippen LogP) is 4.44. The van der Waals surface area contributed by atoms with E-state index in [2.05, 4.69) is 48.1 Å². The van der Waals surface area contributed by atoms with Crippen LogP contribution in [-0.2, 0) is 11.3 Å². The van der Waals surface area contributed by atoms with E-state index in [-0.39, 0.29) is 0 Å². The zero-order chi connectivity index (χ0) is 12.8. The van der Waals surface area contributed by atoms with Gasteiger partial charge in [-0.25, -0.2) is 0 Å². The number of hydrogen-bond acceptors (Lipinski definition) is 2. The molecule has 3 heteroatoms. The van der Waals surface area contributed by atoms with Crippen LogP contribution in [0, 0.1) is 5.92 Å². The monoisotopic (exact) mass is 299 g/mol. The van der Waals surface area contributed by atoms with Gasteiger partial charge in [-0.3, -0.25) is 0 Å². The lowest BCUT2D eigenvalue weighted by Gasteiger charge is -2.20. The quantitative estimate of drug-likeness (QED) is 0.838. The van der Waals surface area contributed by atoms with Crippen LogP contribution in [0.1, 0.15) is 32.8 Å². The summed E-state index contributed by atoms with van der Waals surface area (Å²) in [5.74, 6) is 0.704. The van der Waals surface area contributed by atoms with E-state index in [1.165, 1.54) is 12.0 Å². The van der Waals surface area contributed by atoms with Gasteiger partial charge in [0.05, 0.1) is 6.61 Å². The number of anilines is 1. The molecule has 0 fully saturated rings. The summed E-state index contributed by atoms with van der Waals surface area (Å²) in [7, 11) is 1.72. The smallest absolute Gasteiger partial charge is 0.0744 e. The molecule has 1 aromatic carbocycles. The zero-order valence-corrected chi connectivity index (χ0v) is 12.7. The molecule has 0 aliphatic heterocycles. The Bertz CT molecular complexity index is 352. The molecule has 0 spiro atoms. The molecule has 1 aromatic rings. The van der Waals surface area contributed by atoms with Gasteiger partial charge in [-0.15, -0.1) is 0 Å². The fraction of sp³-hybridized carbons (Fsp3) is 0.571. The second-order valence-corrected chi connectivity index (χ2v) is 5.73. The van der Waals surface area contributed by atoms with Crippen molar-refractivity contribution in [1.82, 2.24) is 0 Å². The summed E-state index contributed by atoms with van der Waals surface area (Å²) in [4.78, 5) is 0. The summed E-state index contributed by atoms with van der Waals surface area (Å²) in [5.41, 5.74) is 2.35. The molecule has 1 unspecified atom stereocenters. The van der Waals surface area contributed by atoms with Crippen LogP contribution in [0.4, 0.5) is 5.69 Å². The highest BCUT2D eigenvalue weighted by molar-refractivity contribution is 9.10. The van der Waals surface area contributed by atoms with E-state index >= 15 is 0 Å². The summed E-state index contributed by atoms with van der Waals surface area (Å²) in [5, 5.41) is 3.56. The van der Waals surface area contributed by atoms with Crippen molar-refractivity contribution >= 4 is 21.6 Å². The highest BCUT2D eigenvalue weighted by atomic mass is 79.9. The number of methoxy groups -OCH3 is 1. The lowest BCUT2D eigenvalue weighted by Crippen LogP contribution is -2.18. The van der Waals surface area contributed by atoms with Crippen molar-refractivity contribution in [2.45, 2.75) is 39.8 Å². The third kappa shape index (κ3) is 4.68. The summed E-state index contributed by atoms with van der Waals surface area (Å²) >= 11 is 3.57. The summed E-state index contributed by atoms with van der Waals surface area (Å²) in [6, 6.07) is 6.68. The minimum Gasteiger partial charge on any atom is -0.382 e. The normalized spacial score (nSPS) is 12.8. The molecule has 0 aliphatic carbocycles. The first-order valence-corrected chi connectivity index (χ1v) is 6.86. The summed E-state index contributed by atoms with van der Waals surface area (Å²) in [6.45, 7) is 7.33. The summed E-state index contributed by atoms with van der Waals surface area (Å²) < 4.78 is 6.34. The first-order valence-electron chi connectivity index (χ1n) is 6.07. The molecule has 17 heavy (non-hydrogen) atoms. The minimum absolute atomic E-state index is 0.472. The van der Waals surface area contributed by atoms with Crippen LogP contribution in [0.2, 0.25) is 0 Å². The van der Waals surface area contributed by atoms with E-state index in [1.54, 1.807) is 7.11 Å². The van der Waals surface area contributed by atoms with Crippen LogP contribution >= 0.6 is 15.9 Å². The maximum absolute atomic E-state index is 5.24. The first-order chi connectivity index (χ1) is 8.04. The van der Waals surface area contributed by atoms with Gasteiger partial charge in [-0.05, 0) is 31.4 Å². The standard InChI is InChI=1S/C14H22BrNO/c1-10(2)8-11(3)16-14-7-5-6-13(15)12(14)9-17-4/h5-7,10-11,16H,8-9H2,1-4H3. The Morgan fingerprint density at radius 2 is 2.00 bits per heavy atom. The molecule has 0 aromatic heterocycles. The van der Waals surface area contributed by atoms with Crippen LogP contribution < -0.4 is 5.32 Å². The number of nitrogens with one attached hydrogen (secondary N) is 1. The van der Waals surface area contributed by atoms with Crippen molar-refractivity contribution < 1.29 is 4.74 Å². The van der Waals surface area contributed by atoms with Gasteiger partial charge < -0.3 is 10.1 Å². The van der Waals surface area contributed by atoms with Gasteiger partial charge in [-0.2, -0.15) is 0 Å². The molecule has 1 rings (SSSR count). The third-order valence-corrected chi connectivity index (χ3v) is 3.38. The van der Waals surface area contributed by atoms with Gasteiger partial charge in [0.15, 0.2) is 0 Å². The van der Waals surface area contributed by atoms with Crippen LogP contribution in [0.5, 0.6) is 0 Å². The van der Waals surface area contributed by atoms with Gasteiger partial charge in [0.1, 0.15) is 0 Å². The van der Waals surface area contributed by atoms with Crippen molar-refractivity contribution in [2.75, 3.05) is 12.4 Å². The number of rotatable bonds is 6.